The van der Waals surface area contributed by atoms with Crippen LogP contribution >= 0.6 is 34.2 Å². The van der Waals surface area contributed by atoms with Gasteiger partial charge in [0.05, 0.1) is 23.8 Å². The van der Waals surface area contributed by atoms with Gasteiger partial charge in [0.15, 0.2) is 16.8 Å². The van der Waals surface area contributed by atoms with E-state index in [1.807, 2.05) is 0 Å². The van der Waals surface area contributed by atoms with Crippen molar-refractivity contribution in [1.29, 1.82) is 0 Å². The molecule has 1 aromatic heterocycles. The first kappa shape index (κ1) is 81.6. The number of aliphatic imine (C=N–C) groups is 1. The van der Waals surface area contributed by atoms with E-state index < -0.39 is 143 Å². The van der Waals surface area contributed by atoms with Gasteiger partial charge in [0.2, 0.25) is 47.3 Å². The van der Waals surface area contributed by atoms with Gasteiger partial charge in [-0.25, -0.2) is 9.59 Å². The first-order chi connectivity index (χ1) is 52.7. The highest BCUT2D eigenvalue weighted by atomic mass is 33.1. The summed E-state index contributed by atoms with van der Waals surface area (Å²) in [7, 11) is 1.71. The number of aliphatic hydroxyl groups is 2. The second kappa shape index (κ2) is 37.5. The number of phenolic OH excluding ortho intramolecular Hbond substituents is 3. The molecule has 7 aromatic rings. The van der Waals surface area contributed by atoms with Gasteiger partial charge < -0.3 is 104 Å². The van der Waals surface area contributed by atoms with Crippen LogP contribution < -0.4 is 64.1 Å². The largest absolute Gasteiger partial charge is 0.508 e. The number of aromatic amines is 1. The van der Waals surface area contributed by atoms with Gasteiger partial charge in [-0.1, -0.05) is 88.3 Å². The Balaban J connectivity index is 0.886. The molecule has 4 heterocycles. The van der Waals surface area contributed by atoms with E-state index in [9.17, 15) is 64.2 Å². The van der Waals surface area contributed by atoms with Gasteiger partial charge >= 0.3 is 11.9 Å². The number of unbranched alkanes of at least 4 members (excludes halogenated alkanes) is 2. The lowest BCUT2D eigenvalue weighted by Gasteiger charge is -2.36. The number of fused-ring (bicyclic) bond motifs is 7. The lowest BCUT2D eigenvalue weighted by atomic mass is 9.77. The average molecular weight is 1570 g/mol. The molecule has 1 spiro atoms. The van der Waals surface area contributed by atoms with Crippen LogP contribution in [0.2, 0.25) is 0 Å². The Morgan fingerprint density at radius 3 is 1.96 bits per heavy atom. The Bertz CT molecular complexity index is 4520. The summed E-state index contributed by atoms with van der Waals surface area (Å²) in [5.74, 6) is -10.6. The van der Waals surface area contributed by atoms with Crippen LogP contribution in [0.3, 0.4) is 0 Å². The van der Waals surface area contributed by atoms with E-state index in [1.165, 1.54) is 55.5 Å². The number of nitrogens with zero attached hydrogens (tertiary/aromatic N) is 1. The summed E-state index contributed by atoms with van der Waals surface area (Å²) >= 11 is 4.55. The maximum Gasteiger partial charge on any atom is 0.340 e. The molecule has 1 saturated heterocycles. The number of aromatic nitrogens is 1. The highest BCUT2D eigenvalue weighted by Crippen LogP contribution is 2.57. The zero-order valence-electron chi connectivity index (χ0n) is 59.8. The maximum absolute atomic E-state index is 15.3. The monoisotopic (exact) mass is 1570 g/mol. The maximum atomic E-state index is 15.3. The van der Waals surface area contributed by atoms with Crippen molar-refractivity contribution >= 4 is 115 Å². The molecule has 110 heavy (non-hydrogen) atoms. The molecular weight excluding hydrogens is 1480 g/mol. The molecule has 0 bridgehead atoms. The van der Waals surface area contributed by atoms with Crippen molar-refractivity contribution in [2.24, 2.45) is 16.5 Å². The summed E-state index contributed by atoms with van der Waals surface area (Å²) in [5, 5.41) is 87.3. The molecule has 31 nitrogen and oxygen atoms in total. The highest BCUT2D eigenvalue weighted by molar-refractivity contribution is 8.76. The topological polar surface area (TPSA) is 499 Å². The molecule has 3 aliphatic heterocycles. The van der Waals surface area contributed by atoms with Gasteiger partial charge in [-0.05, 0) is 130 Å². The number of thiol groups is 1. The van der Waals surface area contributed by atoms with Gasteiger partial charge in [0.1, 0.15) is 71.0 Å². The number of benzene rings is 6. The fraction of sp³-hybridized carbons (Fsp3) is 0.355. The standard InChI is InChI=1S/C76H87N13O18S3/c1-39(90)63-72(102)87-60(71(101)89-64(40(2)91)73(103)104)38-110-109-37-59(70(100)84-57(31-42-18-21-45(92)22-19-42)67(97)85-58(32-43-36-80-54-16-7-6-14-48(43)54)69(99)82-55(66(96)88-63)17-8-10-28-77)86-68(98)56(30-41-12-4-3-5-13-41)83-65(95)53(78)15-9-11-29-79-75(108)81-44-20-25-50-49(33-44)74(105)107-76(50)51-26-23-46(93)34-61(51)106-62-35-47(94)24-27-52(62)76/h3-7,12-14,16,18-27,33-36,39-40,53,55-60,63-64,80,90-94H,8-11,15,17,28-32,37-38,77-78H2,1-2H3,(H,82,99)(H,83,95)(H,84,100)(H,85,97)(H,86,98)(H,87,102)(H,88,96)(H,89,101)(H,103,104)(H2,79,81,108)/t39-,40-,53?,55+,56-,57+,58-,59+,60-,63-,64+/m1/s1. The number of carboxylic acid groups (broad SMARTS) is 1. The number of aliphatic carboxylic acids is 1. The summed E-state index contributed by atoms with van der Waals surface area (Å²) in [6, 6.07) is 21.1. The smallest absolute Gasteiger partial charge is 0.340 e. The van der Waals surface area contributed by atoms with Gasteiger partial charge in [0, 0.05) is 88.9 Å². The normalized spacial score (nSPS) is 20.3. The zero-order chi connectivity index (χ0) is 78.9. The summed E-state index contributed by atoms with van der Waals surface area (Å²) in [4.78, 5) is 151. The Hall–Kier alpha value is -10.9. The van der Waals surface area contributed by atoms with Crippen LogP contribution in [0.15, 0.2) is 145 Å². The summed E-state index contributed by atoms with van der Waals surface area (Å²) in [6.45, 7) is 2.68. The van der Waals surface area contributed by atoms with Crippen molar-refractivity contribution in [1.82, 2.24) is 47.5 Å². The third-order valence-electron chi connectivity index (χ3n) is 18.7. The molecule has 3 aliphatic rings. The minimum atomic E-state index is -1.89. The Morgan fingerprint density at radius 2 is 1.29 bits per heavy atom. The van der Waals surface area contributed by atoms with Gasteiger partial charge in [-0.15, -0.1) is 12.6 Å². The van der Waals surface area contributed by atoms with Crippen LogP contribution in [-0.2, 0) is 72.8 Å². The van der Waals surface area contributed by atoms with E-state index in [4.69, 9.17) is 20.9 Å². The number of ether oxygens (including phenoxy) is 2. The number of esters is 1. The van der Waals surface area contributed by atoms with Crippen molar-refractivity contribution in [2.75, 3.05) is 29.9 Å². The Kier molecular flexibility index (Phi) is 27.8. The van der Waals surface area contributed by atoms with Crippen molar-refractivity contribution < 1.29 is 88.1 Å². The van der Waals surface area contributed by atoms with Crippen molar-refractivity contribution in [3.05, 3.63) is 179 Å². The molecular formula is C76H87N13O18S3. The second-order valence-electron chi connectivity index (χ2n) is 26.9. The zero-order valence-corrected chi connectivity index (χ0v) is 62.3. The molecule has 20 N–H and O–H groups in total. The van der Waals surface area contributed by atoms with Crippen LogP contribution in [0.1, 0.15) is 96.1 Å². The minimum Gasteiger partial charge on any atom is -0.508 e. The number of amidine groups is 1. The lowest BCUT2D eigenvalue weighted by molar-refractivity contribution is -0.145. The quantitative estimate of drug-likeness (QED) is 0.00976. The first-order valence-electron chi connectivity index (χ1n) is 35.5. The van der Waals surface area contributed by atoms with Crippen molar-refractivity contribution in [3.8, 4) is 28.7 Å². The number of amides is 8. The minimum absolute atomic E-state index is 0.0745. The van der Waals surface area contributed by atoms with Gasteiger partial charge in [-0.3, -0.25) is 43.3 Å². The lowest BCUT2D eigenvalue weighted by Crippen LogP contribution is -2.62. The Morgan fingerprint density at radius 1 is 0.664 bits per heavy atom. The molecule has 34 heteroatoms. The number of nitrogens with two attached hydrogens (primary N) is 2. The number of H-pyrrole nitrogens is 1. The summed E-state index contributed by atoms with van der Waals surface area (Å²) in [6.07, 6.45) is -0.884. The first-order valence-corrected chi connectivity index (χ1v) is 38.5. The third kappa shape index (κ3) is 20.5. The number of aliphatic hydroxyl groups excluding tert-OH is 2. The van der Waals surface area contributed by atoms with Crippen LogP contribution in [-0.4, -0.2) is 191 Å². The van der Waals surface area contributed by atoms with Crippen LogP contribution in [0.5, 0.6) is 28.7 Å². The van der Waals surface area contributed by atoms with E-state index in [2.05, 4.69) is 70.5 Å². The molecule has 0 saturated carbocycles. The number of phenols is 3. The number of carboxylic acids is 1. The number of anilines is 1. The third-order valence-corrected chi connectivity index (χ3v) is 21.4. The number of carbonyl (C=O) groups excluding carboxylic acids is 9. The highest BCUT2D eigenvalue weighted by Gasteiger charge is 2.54. The number of para-hydroxylation sites is 1. The molecule has 0 aliphatic carbocycles. The SMILES string of the molecule is C[C@@H](O)[C@H](NC(=O)[C@H]1CSSC[C@H](NC(=O)[C@@H](Cc2ccccc2)NC(=O)C(N)CCCCN=C(S)Nc2ccc3c(c2)C(=O)OC32c3ccc(O)cc3Oc3cc(O)ccc32)C(=O)N[C@@H](Cc2ccc(O)cc2)C(=O)N[C@H](Cc2c[nH]c3ccccc23)C(=O)N[C@@H](CCCCN)C(=O)N[C@H]([C@@H](C)O)C(=O)N1)C(=O)O. The number of hydrogen-bond acceptors (Lipinski definition) is 22. The molecule has 8 amide bonds. The summed E-state index contributed by atoms with van der Waals surface area (Å²) < 4.78 is 12.3. The summed E-state index contributed by atoms with van der Waals surface area (Å²) in [5.41, 5.74) is 15.2. The predicted molar refractivity (Wildman–Crippen MR) is 413 cm³/mol. The number of aromatic hydroxyl groups is 3. The number of carbonyl (C=O) groups is 10. The van der Waals surface area contributed by atoms with Crippen LogP contribution in [0.25, 0.3) is 10.9 Å². The van der Waals surface area contributed by atoms with Crippen molar-refractivity contribution in [3.63, 3.8) is 0 Å². The Labute approximate surface area is 644 Å². The number of rotatable bonds is 25. The van der Waals surface area contributed by atoms with E-state index >= 15 is 14.4 Å². The second-order valence-corrected chi connectivity index (χ2v) is 29.8. The van der Waals surface area contributed by atoms with Crippen LogP contribution in [0.4, 0.5) is 5.69 Å². The molecule has 582 valence electrons. The van der Waals surface area contributed by atoms with Gasteiger partial charge in [-0.2, -0.15) is 0 Å². The van der Waals surface area contributed by atoms with E-state index in [0.717, 1.165) is 28.5 Å². The molecule has 6 aromatic carbocycles. The van der Waals surface area contributed by atoms with E-state index in [1.54, 1.807) is 91.1 Å². The number of nitrogens with one attached hydrogen (secondary N) is 10. The van der Waals surface area contributed by atoms with E-state index in [-0.39, 0.29) is 91.1 Å². The molecule has 11 atom stereocenters. The molecule has 10 rings (SSSR count). The number of hydrogen-bond donors (Lipinski definition) is 19. The average Bonchev–Trinajstić information content (AvgIpc) is 1.50. The molecule has 1 unspecified atom stereocenters. The van der Waals surface area contributed by atoms with Crippen molar-refractivity contribution in [2.45, 2.75) is 144 Å². The molecule has 0 radical (unpaired) electrons. The van der Waals surface area contributed by atoms with Gasteiger partial charge in [0.25, 0.3) is 0 Å². The molecule has 1 fully saturated rings. The fourth-order valence-electron chi connectivity index (χ4n) is 12.9. The predicted octanol–water partition coefficient (Wildman–Crippen LogP) is 3.02. The fourth-order valence-corrected chi connectivity index (χ4v) is 15.5. The van der Waals surface area contributed by atoms with Crippen LogP contribution in [0, 0.1) is 0 Å². The van der Waals surface area contributed by atoms with E-state index in [0.29, 0.717) is 69.2 Å².